The number of hydrogen-bond donors (Lipinski definition) is 1. The highest BCUT2D eigenvalue weighted by molar-refractivity contribution is 9.10. The van der Waals surface area contributed by atoms with Crippen molar-refractivity contribution >= 4 is 43.2 Å². The molecular formula is C21H26BrN3O3S. The Morgan fingerprint density at radius 2 is 1.72 bits per heavy atom. The maximum Gasteiger partial charge on any atom is 0.241 e. The van der Waals surface area contributed by atoms with E-state index in [4.69, 9.17) is 0 Å². The molecule has 1 saturated heterocycles. The van der Waals surface area contributed by atoms with E-state index in [0.29, 0.717) is 16.7 Å². The summed E-state index contributed by atoms with van der Waals surface area (Å²) in [5.41, 5.74) is 2.62. The third kappa shape index (κ3) is 5.96. The number of amides is 1. The lowest BCUT2D eigenvalue weighted by Gasteiger charge is -2.28. The SMILES string of the molecule is CS(=O)(=O)N(CC(=O)NCc1ccc(N2CCCCC2)cc1)c1ccccc1Br. The van der Waals surface area contributed by atoms with Crippen molar-refractivity contribution in [1.82, 2.24) is 5.32 Å². The van der Waals surface area contributed by atoms with Gasteiger partial charge in [0.15, 0.2) is 0 Å². The van der Waals surface area contributed by atoms with Crippen molar-refractivity contribution in [2.75, 3.05) is 35.1 Å². The predicted molar refractivity (Wildman–Crippen MR) is 121 cm³/mol. The Kier molecular flexibility index (Phi) is 7.18. The second kappa shape index (κ2) is 9.63. The summed E-state index contributed by atoms with van der Waals surface area (Å²) in [6, 6.07) is 15.1. The van der Waals surface area contributed by atoms with Gasteiger partial charge in [-0.15, -0.1) is 0 Å². The molecule has 0 saturated carbocycles. The van der Waals surface area contributed by atoms with E-state index in [1.807, 2.05) is 12.1 Å². The molecule has 0 aromatic heterocycles. The van der Waals surface area contributed by atoms with E-state index in [-0.39, 0.29) is 12.5 Å². The molecule has 0 unspecified atom stereocenters. The van der Waals surface area contributed by atoms with Crippen LogP contribution in [0, 0.1) is 0 Å². The topological polar surface area (TPSA) is 69.7 Å². The number of carbonyl (C=O) groups excluding carboxylic acids is 1. The maximum absolute atomic E-state index is 12.4. The monoisotopic (exact) mass is 479 g/mol. The first-order valence-electron chi connectivity index (χ1n) is 9.67. The molecule has 1 heterocycles. The van der Waals surface area contributed by atoms with Crippen LogP contribution < -0.4 is 14.5 Å². The average Bonchev–Trinajstić information content (AvgIpc) is 2.71. The smallest absolute Gasteiger partial charge is 0.241 e. The van der Waals surface area contributed by atoms with Gasteiger partial charge in [0.25, 0.3) is 0 Å². The molecule has 0 aliphatic carbocycles. The van der Waals surface area contributed by atoms with Crippen LogP contribution in [0.1, 0.15) is 24.8 Å². The third-order valence-electron chi connectivity index (χ3n) is 4.96. The van der Waals surface area contributed by atoms with Crippen molar-refractivity contribution in [1.29, 1.82) is 0 Å². The van der Waals surface area contributed by atoms with Crippen LogP contribution in [0.5, 0.6) is 0 Å². The van der Waals surface area contributed by atoms with Gasteiger partial charge >= 0.3 is 0 Å². The van der Waals surface area contributed by atoms with Crippen LogP contribution in [0.2, 0.25) is 0 Å². The number of benzene rings is 2. The van der Waals surface area contributed by atoms with Crippen LogP contribution in [-0.4, -0.2) is 40.2 Å². The molecule has 156 valence electrons. The molecule has 2 aromatic carbocycles. The molecule has 1 aliphatic rings. The fourth-order valence-electron chi connectivity index (χ4n) is 3.40. The molecule has 1 N–H and O–H groups in total. The van der Waals surface area contributed by atoms with Gasteiger partial charge in [-0.2, -0.15) is 0 Å². The Balaban J connectivity index is 1.60. The molecule has 0 radical (unpaired) electrons. The van der Waals surface area contributed by atoms with E-state index < -0.39 is 10.0 Å². The zero-order valence-electron chi connectivity index (χ0n) is 16.5. The van der Waals surface area contributed by atoms with Crippen LogP contribution in [0.4, 0.5) is 11.4 Å². The molecule has 1 amide bonds. The van der Waals surface area contributed by atoms with Gasteiger partial charge in [-0.3, -0.25) is 9.10 Å². The van der Waals surface area contributed by atoms with Gasteiger partial charge in [-0.05, 0) is 65.0 Å². The lowest BCUT2D eigenvalue weighted by Crippen LogP contribution is -2.40. The number of para-hydroxylation sites is 1. The van der Waals surface area contributed by atoms with Crippen LogP contribution >= 0.6 is 15.9 Å². The van der Waals surface area contributed by atoms with Gasteiger partial charge in [-0.1, -0.05) is 24.3 Å². The predicted octanol–water partition coefficient (Wildman–Crippen LogP) is 3.52. The van der Waals surface area contributed by atoms with Gasteiger partial charge in [0.2, 0.25) is 15.9 Å². The Labute approximate surface area is 181 Å². The van der Waals surface area contributed by atoms with Crippen LogP contribution in [-0.2, 0) is 21.4 Å². The second-order valence-corrected chi connectivity index (χ2v) is 9.97. The number of hydrogen-bond acceptors (Lipinski definition) is 4. The molecule has 0 atom stereocenters. The molecular weight excluding hydrogens is 454 g/mol. The fourth-order valence-corrected chi connectivity index (χ4v) is 4.88. The summed E-state index contributed by atoms with van der Waals surface area (Å²) in [6.45, 7) is 2.26. The maximum atomic E-state index is 12.4. The zero-order valence-corrected chi connectivity index (χ0v) is 18.9. The molecule has 1 fully saturated rings. The van der Waals surface area contributed by atoms with Gasteiger partial charge in [-0.25, -0.2) is 8.42 Å². The number of rotatable bonds is 7. The number of carbonyl (C=O) groups is 1. The summed E-state index contributed by atoms with van der Waals surface area (Å²) in [4.78, 5) is 14.8. The first kappa shape index (κ1) is 21.6. The van der Waals surface area contributed by atoms with Crippen molar-refractivity contribution in [2.24, 2.45) is 0 Å². The number of piperidine rings is 1. The first-order chi connectivity index (χ1) is 13.8. The summed E-state index contributed by atoms with van der Waals surface area (Å²) in [6.07, 6.45) is 4.85. The lowest BCUT2D eigenvalue weighted by molar-refractivity contribution is -0.119. The van der Waals surface area contributed by atoms with Gasteiger partial charge in [0.1, 0.15) is 6.54 Å². The van der Waals surface area contributed by atoms with Crippen molar-refractivity contribution in [3.05, 3.63) is 58.6 Å². The highest BCUT2D eigenvalue weighted by Gasteiger charge is 2.22. The molecule has 0 bridgehead atoms. The van der Waals surface area contributed by atoms with Gasteiger partial charge in [0, 0.05) is 29.8 Å². The van der Waals surface area contributed by atoms with Crippen LogP contribution in [0.3, 0.4) is 0 Å². The van der Waals surface area contributed by atoms with E-state index in [1.165, 1.54) is 24.9 Å². The zero-order chi connectivity index (χ0) is 20.9. The lowest BCUT2D eigenvalue weighted by atomic mass is 10.1. The number of sulfonamides is 1. The molecule has 0 spiro atoms. The van der Waals surface area contributed by atoms with E-state index in [1.54, 1.807) is 24.3 Å². The Bertz CT molecular complexity index is 942. The number of anilines is 2. The van der Waals surface area contributed by atoms with Crippen molar-refractivity contribution < 1.29 is 13.2 Å². The minimum absolute atomic E-state index is 0.271. The van der Waals surface area contributed by atoms with Crippen molar-refractivity contribution in [3.8, 4) is 0 Å². The highest BCUT2D eigenvalue weighted by atomic mass is 79.9. The minimum Gasteiger partial charge on any atom is -0.372 e. The van der Waals surface area contributed by atoms with E-state index >= 15 is 0 Å². The Hall–Kier alpha value is -2.06. The summed E-state index contributed by atoms with van der Waals surface area (Å²) in [5.74, 6) is -0.355. The third-order valence-corrected chi connectivity index (χ3v) is 6.75. The van der Waals surface area contributed by atoms with Crippen molar-refractivity contribution in [3.63, 3.8) is 0 Å². The number of halogens is 1. The summed E-state index contributed by atoms with van der Waals surface area (Å²) in [7, 11) is -3.60. The highest BCUT2D eigenvalue weighted by Crippen LogP contribution is 2.27. The first-order valence-corrected chi connectivity index (χ1v) is 12.3. The fraction of sp³-hybridized carbons (Fsp3) is 0.381. The normalized spacial score (nSPS) is 14.5. The summed E-state index contributed by atoms with van der Waals surface area (Å²) < 4.78 is 26.1. The Morgan fingerprint density at radius 1 is 1.07 bits per heavy atom. The largest absolute Gasteiger partial charge is 0.372 e. The standard InChI is InChI=1S/C21H26BrN3O3S/c1-29(27,28)25(20-8-4-3-7-19(20)22)16-21(26)23-15-17-9-11-18(12-10-17)24-13-5-2-6-14-24/h3-4,7-12H,2,5-6,13-16H2,1H3,(H,23,26). The summed E-state index contributed by atoms with van der Waals surface area (Å²) in [5, 5.41) is 2.82. The van der Waals surface area contributed by atoms with Gasteiger partial charge in [0.05, 0.1) is 11.9 Å². The molecule has 2 aromatic rings. The number of nitrogens with one attached hydrogen (secondary N) is 1. The molecule has 8 heteroatoms. The van der Waals surface area contributed by atoms with Crippen LogP contribution in [0.25, 0.3) is 0 Å². The Morgan fingerprint density at radius 3 is 2.34 bits per heavy atom. The molecule has 3 rings (SSSR count). The molecule has 6 nitrogen and oxygen atoms in total. The second-order valence-electron chi connectivity index (χ2n) is 7.21. The number of nitrogens with zero attached hydrogens (tertiary/aromatic N) is 2. The van der Waals surface area contributed by atoms with E-state index in [0.717, 1.165) is 29.2 Å². The molecule has 1 aliphatic heterocycles. The van der Waals surface area contributed by atoms with Crippen LogP contribution in [0.15, 0.2) is 53.0 Å². The van der Waals surface area contributed by atoms with Gasteiger partial charge < -0.3 is 10.2 Å². The minimum atomic E-state index is -3.60. The van der Waals surface area contributed by atoms with E-state index in [2.05, 4.69) is 38.3 Å². The molecule has 29 heavy (non-hydrogen) atoms. The average molecular weight is 480 g/mol. The quantitative estimate of drug-likeness (QED) is 0.659. The van der Waals surface area contributed by atoms with E-state index in [9.17, 15) is 13.2 Å². The summed E-state index contributed by atoms with van der Waals surface area (Å²) >= 11 is 3.35. The van der Waals surface area contributed by atoms with Crippen molar-refractivity contribution in [2.45, 2.75) is 25.8 Å².